The van der Waals surface area contributed by atoms with Gasteiger partial charge < -0.3 is 10.1 Å². The molecule has 0 aromatic carbocycles. The Balaban J connectivity index is 2.58. The Labute approximate surface area is 88.0 Å². The summed E-state index contributed by atoms with van der Waals surface area (Å²) in [5.41, 5.74) is 0. The number of hydrogen-bond acceptors (Lipinski definition) is 4. The number of anilines is 1. The number of halogens is 1. The fourth-order valence-electron chi connectivity index (χ4n) is 0.849. The third-order valence-electron chi connectivity index (χ3n) is 1.40. The van der Waals surface area contributed by atoms with E-state index in [1.54, 1.807) is 6.07 Å². The minimum atomic E-state index is 0.476. The van der Waals surface area contributed by atoms with Gasteiger partial charge in [0.2, 0.25) is 5.88 Å². The fourth-order valence-corrected chi connectivity index (χ4v) is 0.916. The highest BCUT2D eigenvalue weighted by atomic mass is 35.5. The highest BCUT2D eigenvalue weighted by Gasteiger charge is 1.98. The zero-order chi connectivity index (χ0) is 10.4. The molecule has 4 nitrogen and oxygen atoms in total. The molecule has 5 heteroatoms. The van der Waals surface area contributed by atoms with E-state index in [1.165, 1.54) is 6.33 Å². The number of aromatic nitrogens is 2. The van der Waals surface area contributed by atoms with E-state index in [2.05, 4.69) is 21.9 Å². The standard InChI is InChI=1S/C9H12ClN3O/c1-3-14-9-4-8(12-6-13-9)11-5-7(2)10/h4,6H,2-3,5H2,1H3,(H,11,12,13). The molecule has 0 radical (unpaired) electrons. The molecule has 0 atom stereocenters. The average Bonchev–Trinajstić information content (AvgIpc) is 2.16. The monoisotopic (exact) mass is 213 g/mol. The van der Waals surface area contributed by atoms with Crippen LogP contribution in [0.1, 0.15) is 6.92 Å². The van der Waals surface area contributed by atoms with E-state index in [1.807, 2.05) is 6.92 Å². The highest BCUT2D eigenvalue weighted by molar-refractivity contribution is 6.29. The maximum absolute atomic E-state index is 5.60. The van der Waals surface area contributed by atoms with Crippen LogP contribution in [0.25, 0.3) is 0 Å². The summed E-state index contributed by atoms with van der Waals surface area (Å²) in [7, 11) is 0. The molecule has 1 aromatic heterocycles. The smallest absolute Gasteiger partial charge is 0.218 e. The molecule has 1 aromatic rings. The van der Waals surface area contributed by atoms with Gasteiger partial charge in [0.15, 0.2) is 0 Å². The van der Waals surface area contributed by atoms with Crippen LogP contribution >= 0.6 is 11.6 Å². The second kappa shape index (κ2) is 5.44. The lowest BCUT2D eigenvalue weighted by Crippen LogP contribution is -2.04. The van der Waals surface area contributed by atoms with Crippen LogP contribution in [0.4, 0.5) is 5.82 Å². The lowest BCUT2D eigenvalue weighted by Gasteiger charge is -2.05. The summed E-state index contributed by atoms with van der Waals surface area (Å²) in [6.07, 6.45) is 1.43. The molecular weight excluding hydrogens is 202 g/mol. The van der Waals surface area contributed by atoms with Crippen LogP contribution in [0.3, 0.4) is 0 Å². The predicted molar refractivity (Wildman–Crippen MR) is 56.7 cm³/mol. The molecule has 1 N–H and O–H groups in total. The van der Waals surface area contributed by atoms with Gasteiger partial charge in [-0.05, 0) is 6.92 Å². The molecule has 0 bridgehead atoms. The average molecular weight is 214 g/mol. The van der Waals surface area contributed by atoms with Crippen LogP contribution in [0.5, 0.6) is 5.88 Å². The summed E-state index contributed by atoms with van der Waals surface area (Å²) in [4.78, 5) is 7.92. The largest absolute Gasteiger partial charge is 0.478 e. The summed E-state index contributed by atoms with van der Waals surface area (Å²) >= 11 is 5.60. The quantitative estimate of drug-likeness (QED) is 0.813. The second-order valence-electron chi connectivity index (χ2n) is 2.55. The first-order valence-electron chi connectivity index (χ1n) is 4.24. The first-order chi connectivity index (χ1) is 6.72. The number of hydrogen-bond donors (Lipinski definition) is 1. The molecule has 14 heavy (non-hydrogen) atoms. The molecule has 0 saturated heterocycles. The van der Waals surface area contributed by atoms with Gasteiger partial charge in [-0.3, -0.25) is 0 Å². The lowest BCUT2D eigenvalue weighted by atomic mass is 10.5. The van der Waals surface area contributed by atoms with E-state index in [9.17, 15) is 0 Å². The first-order valence-corrected chi connectivity index (χ1v) is 4.62. The molecule has 0 aliphatic carbocycles. The summed E-state index contributed by atoms with van der Waals surface area (Å²) in [6, 6.07) is 1.71. The molecule has 0 unspecified atom stereocenters. The van der Waals surface area contributed by atoms with Crippen molar-refractivity contribution in [2.45, 2.75) is 6.92 Å². The molecule has 0 spiro atoms. The maximum Gasteiger partial charge on any atom is 0.218 e. The fraction of sp³-hybridized carbons (Fsp3) is 0.333. The Bertz CT molecular complexity index is 317. The van der Waals surface area contributed by atoms with Crippen LogP contribution in [0, 0.1) is 0 Å². The van der Waals surface area contributed by atoms with Crippen LogP contribution in [-0.4, -0.2) is 23.1 Å². The van der Waals surface area contributed by atoms with Gasteiger partial charge in [-0.15, -0.1) is 0 Å². The molecule has 0 saturated carbocycles. The number of rotatable bonds is 5. The zero-order valence-corrected chi connectivity index (χ0v) is 8.71. The third-order valence-corrected chi connectivity index (χ3v) is 1.53. The number of nitrogens with one attached hydrogen (secondary N) is 1. The van der Waals surface area contributed by atoms with Crippen LogP contribution < -0.4 is 10.1 Å². The Hall–Kier alpha value is -1.29. The van der Waals surface area contributed by atoms with Gasteiger partial charge in [0, 0.05) is 11.1 Å². The van der Waals surface area contributed by atoms with Crippen molar-refractivity contribution >= 4 is 17.4 Å². The van der Waals surface area contributed by atoms with E-state index in [-0.39, 0.29) is 0 Å². The Kier molecular flexibility index (Phi) is 4.19. The van der Waals surface area contributed by atoms with Crippen molar-refractivity contribution < 1.29 is 4.74 Å². The molecular formula is C9H12ClN3O. The van der Waals surface area contributed by atoms with Crippen LogP contribution in [-0.2, 0) is 0 Å². The van der Waals surface area contributed by atoms with Crippen molar-refractivity contribution in [2.24, 2.45) is 0 Å². The van der Waals surface area contributed by atoms with Gasteiger partial charge in [0.1, 0.15) is 12.1 Å². The van der Waals surface area contributed by atoms with Crippen molar-refractivity contribution in [1.29, 1.82) is 0 Å². The van der Waals surface area contributed by atoms with Gasteiger partial charge in [-0.25, -0.2) is 9.97 Å². The van der Waals surface area contributed by atoms with Crippen molar-refractivity contribution in [1.82, 2.24) is 9.97 Å². The van der Waals surface area contributed by atoms with E-state index >= 15 is 0 Å². The first kappa shape index (κ1) is 10.8. The van der Waals surface area contributed by atoms with Crippen molar-refractivity contribution in [3.8, 4) is 5.88 Å². The SMILES string of the molecule is C=C(Cl)CNc1cc(OCC)ncn1. The minimum absolute atomic E-state index is 0.476. The van der Waals surface area contributed by atoms with Gasteiger partial charge in [0.25, 0.3) is 0 Å². The molecule has 1 rings (SSSR count). The van der Waals surface area contributed by atoms with Crippen molar-refractivity contribution in [3.63, 3.8) is 0 Å². The summed E-state index contributed by atoms with van der Waals surface area (Å²) in [5.74, 6) is 1.22. The van der Waals surface area contributed by atoms with Gasteiger partial charge in [-0.1, -0.05) is 18.2 Å². The Morgan fingerprint density at radius 2 is 2.43 bits per heavy atom. The number of ether oxygens (including phenoxy) is 1. The summed E-state index contributed by atoms with van der Waals surface area (Å²) in [6.45, 7) is 6.51. The van der Waals surface area contributed by atoms with E-state index in [4.69, 9.17) is 16.3 Å². The van der Waals surface area contributed by atoms with Gasteiger partial charge in [0.05, 0.1) is 13.2 Å². The minimum Gasteiger partial charge on any atom is -0.478 e. The predicted octanol–water partition coefficient (Wildman–Crippen LogP) is 2.04. The lowest BCUT2D eigenvalue weighted by molar-refractivity contribution is 0.326. The second-order valence-corrected chi connectivity index (χ2v) is 3.08. The molecule has 1 heterocycles. The zero-order valence-electron chi connectivity index (χ0n) is 7.96. The summed E-state index contributed by atoms with van der Waals surface area (Å²) in [5, 5.41) is 3.51. The van der Waals surface area contributed by atoms with E-state index < -0.39 is 0 Å². The van der Waals surface area contributed by atoms with Crippen molar-refractivity contribution in [3.05, 3.63) is 24.0 Å². The van der Waals surface area contributed by atoms with E-state index in [0.29, 0.717) is 29.9 Å². The molecule has 0 aliphatic rings. The molecule has 0 amide bonds. The molecule has 76 valence electrons. The molecule has 0 fully saturated rings. The molecule has 0 aliphatic heterocycles. The van der Waals surface area contributed by atoms with Crippen molar-refractivity contribution in [2.75, 3.05) is 18.5 Å². The maximum atomic E-state index is 5.60. The highest BCUT2D eigenvalue weighted by Crippen LogP contribution is 2.11. The van der Waals surface area contributed by atoms with Gasteiger partial charge >= 0.3 is 0 Å². The Morgan fingerprint density at radius 1 is 1.64 bits per heavy atom. The number of nitrogens with zero attached hydrogens (tertiary/aromatic N) is 2. The Morgan fingerprint density at radius 3 is 3.07 bits per heavy atom. The normalized spacial score (nSPS) is 9.57. The van der Waals surface area contributed by atoms with Crippen LogP contribution in [0.15, 0.2) is 24.0 Å². The summed E-state index contributed by atoms with van der Waals surface area (Å²) < 4.78 is 5.21. The third kappa shape index (κ3) is 3.62. The topological polar surface area (TPSA) is 47.0 Å². The van der Waals surface area contributed by atoms with E-state index in [0.717, 1.165) is 0 Å². The van der Waals surface area contributed by atoms with Gasteiger partial charge in [-0.2, -0.15) is 0 Å². The van der Waals surface area contributed by atoms with Crippen LogP contribution in [0.2, 0.25) is 0 Å².